The first-order valence-corrected chi connectivity index (χ1v) is 12.8. The van der Waals surface area contributed by atoms with Gasteiger partial charge >= 0.3 is 0 Å². The fourth-order valence-corrected chi connectivity index (χ4v) is 4.19. The summed E-state index contributed by atoms with van der Waals surface area (Å²) in [4.78, 5) is 26.7. The summed E-state index contributed by atoms with van der Waals surface area (Å²) in [5.41, 5.74) is 8.45. The topological polar surface area (TPSA) is 99.2 Å². The molecule has 2 aromatic carbocycles. The third-order valence-electron chi connectivity index (χ3n) is 6.12. The second-order valence-electron chi connectivity index (χ2n) is 9.27. The first-order valence-electron chi connectivity index (χ1n) is 12.4. The zero-order valence-corrected chi connectivity index (χ0v) is 22.2. The van der Waals surface area contributed by atoms with E-state index < -0.39 is 5.91 Å². The van der Waals surface area contributed by atoms with Gasteiger partial charge in [-0.25, -0.2) is 4.52 Å². The zero-order chi connectivity index (χ0) is 27.1. The quantitative estimate of drug-likeness (QED) is 0.255. The van der Waals surface area contributed by atoms with Gasteiger partial charge in [-0.1, -0.05) is 43.6 Å². The molecule has 0 aliphatic rings. The van der Waals surface area contributed by atoms with Gasteiger partial charge in [0.05, 0.1) is 23.9 Å². The summed E-state index contributed by atoms with van der Waals surface area (Å²) < 4.78 is 13.2. The Bertz CT molecular complexity index is 1400. The number of amides is 2. The average molecular weight is 535 g/mol. The number of rotatable bonds is 12. The van der Waals surface area contributed by atoms with Crippen molar-refractivity contribution in [1.29, 1.82) is 0 Å². The van der Waals surface area contributed by atoms with Crippen LogP contribution in [-0.4, -0.2) is 46.1 Å². The van der Waals surface area contributed by atoms with Gasteiger partial charge in [0.25, 0.3) is 11.8 Å². The smallest absolute Gasteiger partial charge is 0.260 e. The van der Waals surface area contributed by atoms with E-state index in [1.54, 1.807) is 27.7 Å². The first kappa shape index (κ1) is 27.0. The predicted octanol–water partition coefficient (Wildman–Crippen LogP) is 5.09. The van der Waals surface area contributed by atoms with Crippen LogP contribution < -0.4 is 15.2 Å². The average Bonchev–Trinajstić information content (AvgIpc) is 3.33. The van der Waals surface area contributed by atoms with Crippen molar-refractivity contribution >= 4 is 28.9 Å². The molecule has 0 saturated heterocycles. The summed E-state index contributed by atoms with van der Waals surface area (Å²) >= 11 is 6.03. The van der Waals surface area contributed by atoms with E-state index in [1.807, 2.05) is 48.5 Å². The summed E-state index contributed by atoms with van der Waals surface area (Å²) in [7, 11) is 0. The van der Waals surface area contributed by atoms with Crippen molar-refractivity contribution < 1.29 is 19.1 Å². The lowest BCUT2D eigenvalue weighted by atomic mass is 10.0. The van der Waals surface area contributed by atoms with E-state index in [0.717, 1.165) is 5.56 Å². The molecule has 0 spiro atoms. The number of hydrogen-bond acceptors (Lipinski definition) is 5. The third kappa shape index (κ3) is 7.04. The van der Waals surface area contributed by atoms with Crippen molar-refractivity contribution in [3.05, 3.63) is 94.8 Å². The maximum atomic E-state index is 13.2. The Kier molecular flexibility index (Phi) is 8.86. The number of carbonyl (C=O) groups excluding carboxylic acids is 2. The van der Waals surface area contributed by atoms with Gasteiger partial charge in [-0.3, -0.25) is 9.59 Å². The zero-order valence-electron chi connectivity index (χ0n) is 21.5. The lowest BCUT2D eigenvalue weighted by molar-refractivity contribution is -0.134. The van der Waals surface area contributed by atoms with Gasteiger partial charge in [0, 0.05) is 24.3 Å². The van der Waals surface area contributed by atoms with Crippen LogP contribution in [0, 0.1) is 0 Å². The molecular weight excluding hydrogens is 504 g/mol. The molecule has 0 radical (unpaired) electrons. The Morgan fingerprint density at radius 1 is 1.05 bits per heavy atom. The van der Waals surface area contributed by atoms with E-state index >= 15 is 0 Å². The SMILES string of the molecule is CC(C)c1ccc(OCC(=O)N(CCCOc2cccc(Cl)c2)Cc2ccn3ncc(C(N)=O)c3c2)cc1. The van der Waals surface area contributed by atoms with Gasteiger partial charge in [0.15, 0.2) is 6.61 Å². The van der Waals surface area contributed by atoms with Crippen LogP contribution in [-0.2, 0) is 11.3 Å². The molecule has 0 aliphatic carbocycles. The number of carbonyl (C=O) groups is 2. The maximum absolute atomic E-state index is 13.2. The lowest BCUT2D eigenvalue weighted by Gasteiger charge is -2.23. The van der Waals surface area contributed by atoms with E-state index in [-0.39, 0.29) is 12.5 Å². The van der Waals surface area contributed by atoms with Crippen LogP contribution in [0.25, 0.3) is 5.52 Å². The normalized spacial score (nSPS) is 11.1. The first-order chi connectivity index (χ1) is 18.3. The largest absolute Gasteiger partial charge is 0.493 e. The molecule has 8 nitrogen and oxygen atoms in total. The molecule has 2 N–H and O–H groups in total. The minimum atomic E-state index is -0.555. The number of nitrogens with zero attached hydrogens (tertiary/aromatic N) is 3. The van der Waals surface area contributed by atoms with Crippen LogP contribution in [0.3, 0.4) is 0 Å². The van der Waals surface area contributed by atoms with Crippen LogP contribution in [0.5, 0.6) is 11.5 Å². The van der Waals surface area contributed by atoms with E-state index in [0.29, 0.717) is 59.6 Å². The van der Waals surface area contributed by atoms with E-state index in [4.69, 9.17) is 26.8 Å². The summed E-state index contributed by atoms with van der Waals surface area (Å²) in [6, 6.07) is 18.6. The summed E-state index contributed by atoms with van der Waals surface area (Å²) in [6.45, 7) is 5.34. The Balaban J connectivity index is 1.44. The number of ether oxygens (including phenoxy) is 2. The highest BCUT2D eigenvalue weighted by Gasteiger charge is 2.17. The monoisotopic (exact) mass is 534 g/mol. The fraction of sp³-hybridized carbons (Fsp3) is 0.276. The number of halogens is 1. The van der Waals surface area contributed by atoms with Gasteiger partial charge in [0.1, 0.15) is 11.5 Å². The molecule has 2 amide bonds. The van der Waals surface area contributed by atoms with Crippen LogP contribution >= 0.6 is 11.6 Å². The summed E-state index contributed by atoms with van der Waals surface area (Å²) in [5.74, 6) is 1.01. The molecule has 198 valence electrons. The highest BCUT2D eigenvalue weighted by Crippen LogP contribution is 2.20. The molecular formula is C29H31ClN4O4. The number of hydrogen-bond donors (Lipinski definition) is 1. The molecule has 2 aromatic heterocycles. The summed E-state index contributed by atoms with van der Waals surface area (Å²) in [6.07, 6.45) is 3.79. The molecule has 0 aliphatic heterocycles. The number of primary amides is 1. The second-order valence-corrected chi connectivity index (χ2v) is 9.71. The van der Waals surface area contributed by atoms with Crippen molar-refractivity contribution in [2.75, 3.05) is 19.8 Å². The standard InChI is InChI=1S/C29H31ClN4O4/c1-20(2)22-7-9-24(10-8-22)38-19-28(35)33(12-4-14-37-25-6-3-5-23(30)16-25)18-21-11-13-34-27(15-21)26(17-32-34)29(31)36/h3,5-11,13,15-17,20H,4,12,14,18-19H2,1-2H3,(H2,31,36). The van der Waals surface area contributed by atoms with Gasteiger partial charge < -0.3 is 20.1 Å². The van der Waals surface area contributed by atoms with Gasteiger partial charge in [-0.2, -0.15) is 5.10 Å². The Morgan fingerprint density at radius 2 is 1.84 bits per heavy atom. The Labute approximate surface area is 226 Å². The second kappa shape index (κ2) is 12.5. The molecule has 0 bridgehead atoms. The van der Waals surface area contributed by atoms with Crippen molar-refractivity contribution in [2.45, 2.75) is 32.7 Å². The van der Waals surface area contributed by atoms with Crippen molar-refractivity contribution in [3.63, 3.8) is 0 Å². The highest BCUT2D eigenvalue weighted by atomic mass is 35.5. The van der Waals surface area contributed by atoms with E-state index in [9.17, 15) is 9.59 Å². The lowest BCUT2D eigenvalue weighted by Crippen LogP contribution is -2.36. The van der Waals surface area contributed by atoms with Gasteiger partial charge in [-0.15, -0.1) is 0 Å². The molecule has 0 saturated carbocycles. The van der Waals surface area contributed by atoms with Crippen LogP contribution in [0.15, 0.2) is 73.1 Å². The molecule has 38 heavy (non-hydrogen) atoms. The Hall–Kier alpha value is -4.04. The molecule has 0 unspecified atom stereocenters. The maximum Gasteiger partial charge on any atom is 0.260 e. The number of fused-ring (bicyclic) bond motifs is 1. The minimum Gasteiger partial charge on any atom is -0.493 e. The predicted molar refractivity (Wildman–Crippen MR) is 147 cm³/mol. The van der Waals surface area contributed by atoms with E-state index in [2.05, 4.69) is 18.9 Å². The van der Waals surface area contributed by atoms with Crippen molar-refractivity contribution in [1.82, 2.24) is 14.5 Å². The molecule has 0 fully saturated rings. The third-order valence-corrected chi connectivity index (χ3v) is 6.36. The van der Waals surface area contributed by atoms with E-state index in [1.165, 1.54) is 11.8 Å². The molecule has 0 atom stereocenters. The van der Waals surface area contributed by atoms with Crippen molar-refractivity contribution in [2.24, 2.45) is 5.73 Å². The molecule has 4 rings (SSSR count). The minimum absolute atomic E-state index is 0.0996. The fourth-order valence-electron chi connectivity index (χ4n) is 4.01. The number of pyridine rings is 1. The number of benzene rings is 2. The van der Waals surface area contributed by atoms with Gasteiger partial charge in [-0.05, 0) is 65.9 Å². The van der Waals surface area contributed by atoms with Crippen LogP contribution in [0.4, 0.5) is 0 Å². The van der Waals surface area contributed by atoms with Crippen molar-refractivity contribution in [3.8, 4) is 11.5 Å². The number of nitrogens with two attached hydrogens (primary N) is 1. The molecule has 2 heterocycles. The molecule has 9 heteroatoms. The number of aromatic nitrogens is 2. The summed E-state index contributed by atoms with van der Waals surface area (Å²) in [5, 5.41) is 4.76. The Morgan fingerprint density at radius 3 is 2.55 bits per heavy atom. The van der Waals surface area contributed by atoms with Crippen LogP contribution in [0.2, 0.25) is 5.02 Å². The highest BCUT2D eigenvalue weighted by molar-refractivity contribution is 6.30. The van der Waals surface area contributed by atoms with Gasteiger partial charge in [0.2, 0.25) is 0 Å². The molecule has 4 aromatic rings. The van der Waals surface area contributed by atoms with Crippen LogP contribution in [0.1, 0.15) is 47.7 Å².